The molecule has 2 heterocycles. The number of aromatic nitrogens is 3. The van der Waals surface area contributed by atoms with E-state index in [9.17, 15) is 9.59 Å². The molecule has 1 aliphatic rings. The second kappa shape index (κ2) is 7.45. The highest BCUT2D eigenvalue weighted by Gasteiger charge is 2.33. The van der Waals surface area contributed by atoms with Gasteiger partial charge in [0.15, 0.2) is 0 Å². The SMILES string of the molecule is CN(C)CCN1C(=O)c2cccc3cc(-n4cc(-c5ccccc5)nn4)cc(c23)C1=O. The van der Waals surface area contributed by atoms with E-state index in [-0.39, 0.29) is 11.8 Å². The van der Waals surface area contributed by atoms with Gasteiger partial charge in [-0.2, -0.15) is 0 Å². The number of nitrogens with zero attached hydrogens (tertiary/aromatic N) is 5. The quantitative estimate of drug-likeness (QED) is 0.472. The third kappa shape index (κ3) is 3.29. The molecule has 4 aromatic rings. The van der Waals surface area contributed by atoms with Crippen molar-refractivity contribution in [1.82, 2.24) is 24.8 Å². The number of hydrogen-bond acceptors (Lipinski definition) is 5. The van der Waals surface area contributed by atoms with E-state index in [4.69, 9.17) is 0 Å². The number of hydrogen-bond donors (Lipinski definition) is 0. The van der Waals surface area contributed by atoms with E-state index in [1.54, 1.807) is 16.8 Å². The monoisotopic (exact) mass is 411 g/mol. The van der Waals surface area contributed by atoms with Crippen LogP contribution in [0.15, 0.2) is 66.9 Å². The van der Waals surface area contributed by atoms with Crippen molar-refractivity contribution in [3.63, 3.8) is 0 Å². The van der Waals surface area contributed by atoms with E-state index in [1.165, 1.54) is 4.90 Å². The molecule has 0 radical (unpaired) electrons. The Labute approximate surface area is 179 Å². The molecule has 0 saturated carbocycles. The summed E-state index contributed by atoms with van der Waals surface area (Å²) in [7, 11) is 3.83. The average molecular weight is 411 g/mol. The van der Waals surface area contributed by atoms with Crippen LogP contribution in [0.2, 0.25) is 0 Å². The summed E-state index contributed by atoms with van der Waals surface area (Å²) in [5.74, 6) is -0.523. The Bertz CT molecular complexity index is 1310. The maximum atomic E-state index is 13.3. The number of amides is 2. The van der Waals surface area contributed by atoms with Crippen LogP contribution >= 0.6 is 0 Å². The van der Waals surface area contributed by atoms with E-state index in [0.717, 1.165) is 22.3 Å². The lowest BCUT2D eigenvalue weighted by atomic mass is 9.93. The summed E-state index contributed by atoms with van der Waals surface area (Å²) in [5, 5.41) is 10.1. The second-order valence-corrected chi connectivity index (χ2v) is 7.88. The van der Waals surface area contributed by atoms with Crippen molar-refractivity contribution in [2.24, 2.45) is 0 Å². The van der Waals surface area contributed by atoms with Gasteiger partial charge in [0.1, 0.15) is 5.69 Å². The van der Waals surface area contributed by atoms with Crippen LogP contribution in [0.1, 0.15) is 20.7 Å². The first kappa shape index (κ1) is 19.1. The Balaban J connectivity index is 1.61. The summed E-state index contributed by atoms with van der Waals surface area (Å²) >= 11 is 0. The molecule has 0 bridgehead atoms. The first-order valence-corrected chi connectivity index (χ1v) is 10.1. The zero-order chi connectivity index (χ0) is 21.5. The number of carbonyl (C=O) groups is 2. The molecule has 1 aliphatic heterocycles. The van der Waals surface area contributed by atoms with Crippen molar-refractivity contribution in [2.45, 2.75) is 0 Å². The smallest absolute Gasteiger partial charge is 0.261 e. The van der Waals surface area contributed by atoms with E-state index >= 15 is 0 Å². The van der Waals surface area contributed by atoms with Crippen LogP contribution in [0.3, 0.4) is 0 Å². The summed E-state index contributed by atoms with van der Waals surface area (Å²) in [5.41, 5.74) is 3.51. The molecule has 0 N–H and O–H groups in total. The molecule has 0 unspecified atom stereocenters. The zero-order valence-corrected chi connectivity index (χ0v) is 17.3. The van der Waals surface area contributed by atoms with Crippen LogP contribution in [0.4, 0.5) is 0 Å². The molecule has 0 spiro atoms. The molecule has 31 heavy (non-hydrogen) atoms. The minimum Gasteiger partial charge on any atom is -0.308 e. The summed E-state index contributed by atoms with van der Waals surface area (Å²) in [6, 6.07) is 19.1. The number of carbonyl (C=O) groups excluding carboxylic acids is 2. The highest BCUT2D eigenvalue weighted by molar-refractivity contribution is 6.25. The summed E-state index contributed by atoms with van der Waals surface area (Å²) in [4.78, 5) is 29.6. The van der Waals surface area contributed by atoms with Gasteiger partial charge >= 0.3 is 0 Å². The van der Waals surface area contributed by atoms with Crippen LogP contribution in [-0.4, -0.2) is 63.8 Å². The zero-order valence-electron chi connectivity index (χ0n) is 17.3. The fourth-order valence-corrected chi connectivity index (χ4v) is 3.91. The van der Waals surface area contributed by atoms with Gasteiger partial charge in [-0.15, -0.1) is 5.10 Å². The molecular formula is C24H21N5O2. The van der Waals surface area contributed by atoms with E-state index in [1.807, 2.05) is 73.7 Å². The number of likely N-dealkylation sites (N-methyl/N-ethyl adjacent to an activating group) is 1. The van der Waals surface area contributed by atoms with Gasteiger partial charge in [0.05, 0.1) is 17.4 Å². The van der Waals surface area contributed by atoms with E-state index in [0.29, 0.717) is 29.6 Å². The first-order valence-electron chi connectivity index (χ1n) is 10.1. The van der Waals surface area contributed by atoms with Crippen LogP contribution in [0, 0.1) is 0 Å². The molecule has 5 rings (SSSR count). The average Bonchev–Trinajstić information content (AvgIpc) is 3.28. The van der Waals surface area contributed by atoms with Crippen LogP contribution < -0.4 is 0 Å². The Morgan fingerprint density at radius 2 is 1.68 bits per heavy atom. The molecule has 0 atom stereocenters. The molecule has 7 nitrogen and oxygen atoms in total. The van der Waals surface area contributed by atoms with Gasteiger partial charge in [0.25, 0.3) is 11.8 Å². The topological polar surface area (TPSA) is 71.3 Å². The molecular weight excluding hydrogens is 390 g/mol. The number of imide groups is 1. The lowest BCUT2D eigenvalue weighted by Crippen LogP contribution is -2.43. The fourth-order valence-electron chi connectivity index (χ4n) is 3.91. The third-order valence-electron chi connectivity index (χ3n) is 5.51. The molecule has 0 aliphatic carbocycles. The van der Waals surface area contributed by atoms with Gasteiger partial charge in [0, 0.05) is 29.6 Å². The number of benzene rings is 3. The Hall–Kier alpha value is -3.84. The Morgan fingerprint density at radius 3 is 2.45 bits per heavy atom. The van der Waals surface area contributed by atoms with Crippen molar-refractivity contribution in [3.8, 4) is 16.9 Å². The second-order valence-electron chi connectivity index (χ2n) is 7.88. The Kier molecular flexibility index (Phi) is 4.60. The predicted octanol–water partition coefficient (Wildman–Crippen LogP) is 3.25. The molecule has 7 heteroatoms. The van der Waals surface area contributed by atoms with Crippen molar-refractivity contribution >= 4 is 22.6 Å². The highest BCUT2D eigenvalue weighted by atomic mass is 16.2. The largest absolute Gasteiger partial charge is 0.308 e. The number of rotatable bonds is 5. The van der Waals surface area contributed by atoms with Gasteiger partial charge in [-0.05, 0) is 37.7 Å². The van der Waals surface area contributed by atoms with Gasteiger partial charge in [-0.1, -0.05) is 47.7 Å². The molecule has 2 amide bonds. The first-order chi connectivity index (χ1) is 15.0. The van der Waals surface area contributed by atoms with Gasteiger partial charge in [-0.3, -0.25) is 14.5 Å². The molecule has 1 aromatic heterocycles. The summed E-state index contributed by atoms with van der Waals surface area (Å²) < 4.78 is 1.67. The van der Waals surface area contributed by atoms with Crippen LogP contribution in [0.25, 0.3) is 27.7 Å². The highest BCUT2D eigenvalue weighted by Crippen LogP contribution is 2.32. The normalized spacial score (nSPS) is 13.5. The van der Waals surface area contributed by atoms with Crippen molar-refractivity contribution in [1.29, 1.82) is 0 Å². The third-order valence-corrected chi connectivity index (χ3v) is 5.51. The van der Waals surface area contributed by atoms with E-state index < -0.39 is 0 Å². The summed E-state index contributed by atoms with van der Waals surface area (Å²) in [6.45, 7) is 0.943. The summed E-state index contributed by atoms with van der Waals surface area (Å²) in [6.07, 6.45) is 1.84. The maximum absolute atomic E-state index is 13.3. The van der Waals surface area contributed by atoms with Crippen molar-refractivity contribution < 1.29 is 9.59 Å². The van der Waals surface area contributed by atoms with Gasteiger partial charge in [-0.25, -0.2) is 4.68 Å². The van der Waals surface area contributed by atoms with Gasteiger partial charge < -0.3 is 4.90 Å². The molecule has 3 aromatic carbocycles. The molecule has 0 fully saturated rings. The van der Waals surface area contributed by atoms with Crippen molar-refractivity contribution in [2.75, 3.05) is 27.2 Å². The molecule has 0 saturated heterocycles. The Morgan fingerprint density at radius 1 is 0.903 bits per heavy atom. The molecule has 154 valence electrons. The lowest BCUT2D eigenvalue weighted by molar-refractivity contribution is 0.0601. The minimum atomic E-state index is -0.277. The van der Waals surface area contributed by atoms with Crippen LogP contribution in [-0.2, 0) is 0 Å². The van der Waals surface area contributed by atoms with Gasteiger partial charge in [0.2, 0.25) is 0 Å². The lowest BCUT2D eigenvalue weighted by Gasteiger charge is -2.28. The van der Waals surface area contributed by atoms with E-state index in [2.05, 4.69) is 10.3 Å². The maximum Gasteiger partial charge on any atom is 0.261 e. The predicted molar refractivity (Wildman–Crippen MR) is 118 cm³/mol. The van der Waals surface area contributed by atoms with Crippen LogP contribution in [0.5, 0.6) is 0 Å². The fraction of sp³-hybridized carbons (Fsp3) is 0.167. The van der Waals surface area contributed by atoms with Crippen molar-refractivity contribution in [3.05, 3.63) is 78.0 Å². The minimum absolute atomic E-state index is 0.246. The standard InChI is InChI=1S/C24H21N5O2/c1-27(2)11-12-28-23(30)19-10-6-9-17-13-18(14-20(22(17)19)24(28)31)29-15-21(25-26-29)16-7-4-3-5-8-16/h3-10,13-15H,11-12H2,1-2H3.